The van der Waals surface area contributed by atoms with Gasteiger partial charge in [0.2, 0.25) is 0 Å². The highest BCUT2D eigenvalue weighted by Crippen LogP contribution is 2.28. The van der Waals surface area contributed by atoms with E-state index >= 15 is 0 Å². The Hall–Kier alpha value is -1.66. The van der Waals surface area contributed by atoms with E-state index in [1.807, 2.05) is 0 Å². The highest BCUT2D eigenvalue weighted by Gasteiger charge is 2.12. The molecule has 0 N–H and O–H groups in total. The summed E-state index contributed by atoms with van der Waals surface area (Å²) in [5, 5.41) is 0.230. The summed E-state index contributed by atoms with van der Waals surface area (Å²) < 4.78 is 41.8. The number of sulfone groups is 1. The number of pyridine rings is 1. The highest BCUT2D eigenvalue weighted by molar-refractivity contribution is 7.90. The standard InChI is InChI=1S/C13H11ClFNO3S/c1-8-5-9(6-13(14)16-8)19-12-4-3-10(7-11(12)15)20(2,17)18/h3-7H,1-2H3. The van der Waals surface area contributed by atoms with Gasteiger partial charge in [-0.25, -0.2) is 17.8 Å². The summed E-state index contributed by atoms with van der Waals surface area (Å²) in [4.78, 5) is 3.85. The van der Waals surface area contributed by atoms with Crippen molar-refractivity contribution in [3.63, 3.8) is 0 Å². The molecule has 0 amide bonds. The van der Waals surface area contributed by atoms with Crippen LogP contribution in [-0.4, -0.2) is 19.7 Å². The van der Waals surface area contributed by atoms with Crippen molar-refractivity contribution in [1.29, 1.82) is 0 Å². The van der Waals surface area contributed by atoms with Crippen molar-refractivity contribution in [1.82, 2.24) is 4.98 Å². The summed E-state index contributed by atoms with van der Waals surface area (Å²) in [6.07, 6.45) is 1.01. The number of rotatable bonds is 3. The van der Waals surface area contributed by atoms with Crippen LogP contribution in [0, 0.1) is 12.7 Å². The van der Waals surface area contributed by atoms with Crippen LogP contribution < -0.4 is 4.74 Å². The van der Waals surface area contributed by atoms with E-state index in [4.69, 9.17) is 16.3 Å². The molecule has 0 fully saturated rings. The molecule has 0 aliphatic rings. The van der Waals surface area contributed by atoms with E-state index in [0.717, 1.165) is 12.3 Å². The fraction of sp³-hybridized carbons (Fsp3) is 0.154. The Kier molecular flexibility index (Phi) is 3.96. The first-order chi connectivity index (χ1) is 9.25. The molecule has 2 aromatic rings. The average Bonchev–Trinajstić information content (AvgIpc) is 2.29. The number of hydrogen-bond donors (Lipinski definition) is 0. The third-order valence-electron chi connectivity index (χ3n) is 2.45. The maximum atomic E-state index is 13.8. The number of aryl methyl sites for hydroxylation is 1. The Morgan fingerprint density at radius 3 is 2.50 bits per heavy atom. The van der Waals surface area contributed by atoms with Crippen LogP contribution in [0.1, 0.15) is 5.69 Å². The first-order valence-electron chi connectivity index (χ1n) is 5.57. The second-order valence-corrected chi connectivity index (χ2v) is 6.64. The lowest BCUT2D eigenvalue weighted by Gasteiger charge is -2.08. The molecule has 0 radical (unpaired) electrons. The number of halogens is 2. The van der Waals surface area contributed by atoms with Crippen LogP contribution in [0.15, 0.2) is 35.2 Å². The summed E-state index contributed by atoms with van der Waals surface area (Å²) in [5.74, 6) is -0.522. The molecular weight excluding hydrogens is 305 g/mol. The third kappa shape index (κ3) is 3.46. The minimum absolute atomic E-state index is 0.0842. The Balaban J connectivity index is 2.35. The second-order valence-electron chi connectivity index (χ2n) is 4.23. The van der Waals surface area contributed by atoms with Crippen LogP contribution >= 0.6 is 11.6 Å². The molecule has 1 heterocycles. The molecule has 1 aromatic carbocycles. The molecule has 0 saturated heterocycles. The van der Waals surface area contributed by atoms with Crippen molar-refractivity contribution in [2.75, 3.05) is 6.26 Å². The van der Waals surface area contributed by atoms with E-state index in [9.17, 15) is 12.8 Å². The SMILES string of the molecule is Cc1cc(Oc2ccc(S(C)(=O)=O)cc2F)cc(Cl)n1. The van der Waals surface area contributed by atoms with Crippen LogP contribution in [-0.2, 0) is 9.84 Å². The third-order valence-corrected chi connectivity index (χ3v) is 3.76. The van der Waals surface area contributed by atoms with Gasteiger partial charge >= 0.3 is 0 Å². The molecule has 0 bridgehead atoms. The lowest BCUT2D eigenvalue weighted by molar-refractivity contribution is 0.440. The van der Waals surface area contributed by atoms with Crippen LogP contribution in [0.3, 0.4) is 0 Å². The average molecular weight is 316 g/mol. The molecule has 2 rings (SSSR count). The van der Waals surface area contributed by atoms with Crippen molar-refractivity contribution >= 4 is 21.4 Å². The highest BCUT2D eigenvalue weighted by atomic mass is 35.5. The van der Waals surface area contributed by atoms with E-state index in [-0.39, 0.29) is 15.8 Å². The molecule has 0 unspecified atom stereocenters. The molecule has 106 valence electrons. The maximum Gasteiger partial charge on any atom is 0.175 e. The number of nitrogens with zero attached hydrogens (tertiary/aromatic N) is 1. The van der Waals surface area contributed by atoms with Gasteiger partial charge < -0.3 is 4.74 Å². The largest absolute Gasteiger partial charge is 0.454 e. The van der Waals surface area contributed by atoms with E-state index in [1.54, 1.807) is 13.0 Å². The van der Waals surface area contributed by atoms with Crippen molar-refractivity contribution in [2.45, 2.75) is 11.8 Å². The first-order valence-corrected chi connectivity index (χ1v) is 7.84. The summed E-state index contributed by atoms with van der Waals surface area (Å²) in [6, 6.07) is 6.49. The quantitative estimate of drug-likeness (QED) is 0.815. The van der Waals surface area contributed by atoms with Gasteiger partial charge in [0.1, 0.15) is 10.9 Å². The van der Waals surface area contributed by atoms with E-state index in [2.05, 4.69) is 4.98 Å². The van der Waals surface area contributed by atoms with Gasteiger partial charge in [-0.1, -0.05) is 11.6 Å². The van der Waals surface area contributed by atoms with E-state index in [1.165, 1.54) is 18.2 Å². The van der Waals surface area contributed by atoms with Gasteiger partial charge in [0.25, 0.3) is 0 Å². The maximum absolute atomic E-state index is 13.8. The Labute approximate surface area is 121 Å². The van der Waals surface area contributed by atoms with Crippen LogP contribution in [0.25, 0.3) is 0 Å². The van der Waals surface area contributed by atoms with Gasteiger partial charge in [-0.2, -0.15) is 0 Å². The Morgan fingerprint density at radius 2 is 1.95 bits per heavy atom. The zero-order chi connectivity index (χ0) is 14.9. The van der Waals surface area contributed by atoms with Crippen molar-refractivity contribution < 1.29 is 17.5 Å². The molecule has 1 aromatic heterocycles. The Bertz CT molecular complexity index is 742. The van der Waals surface area contributed by atoms with Gasteiger partial charge in [-0.05, 0) is 25.1 Å². The number of ether oxygens (including phenoxy) is 1. The van der Waals surface area contributed by atoms with Gasteiger partial charge in [0, 0.05) is 24.1 Å². The number of benzene rings is 1. The summed E-state index contributed by atoms with van der Waals surface area (Å²) in [6.45, 7) is 1.72. The minimum Gasteiger partial charge on any atom is -0.454 e. The van der Waals surface area contributed by atoms with Crippen molar-refractivity contribution in [3.05, 3.63) is 47.0 Å². The van der Waals surface area contributed by atoms with Crippen LogP contribution in [0.2, 0.25) is 5.15 Å². The topological polar surface area (TPSA) is 56.3 Å². The zero-order valence-electron chi connectivity index (χ0n) is 10.7. The van der Waals surface area contributed by atoms with E-state index in [0.29, 0.717) is 11.4 Å². The molecule has 0 saturated carbocycles. The monoisotopic (exact) mass is 315 g/mol. The number of hydrogen-bond acceptors (Lipinski definition) is 4. The Morgan fingerprint density at radius 1 is 1.25 bits per heavy atom. The van der Waals surface area contributed by atoms with Crippen molar-refractivity contribution in [3.8, 4) is 11.5 Å². The molecule has 0 aliphatic heterocycles. The summed E-state index contributed by atoms with van der Waals surface area (Å²) >= 11 is 5.78. The molecule has 0 spiro atoms. The van der Waals surface area contributed by atoms with Gasteiger partial charge in [-0.3, -0.25) is 0 Å². The van der Waals surface area contributed by atoms with E-state index < -0.39 is 15.7 Å². The zero-order valence-corrected chi connectivity index (χ0v) is 12.3. The smallest absolute Gasteiger partial charge is 0.175 e. The number of aromatic nitrogens is 1. The lowest BCUT2D eigenvalue weighted by atomic mass is 10.3. The molecule has 20 heavy (non-hydrogen) atoms. The normalized spacial score (nSPS) is 11.4. The summed E-state index contributed by atoms with van der Waals surface area (Å²) in [7, 11) is -3.46. The molecular formula is C13H11ClFNO3S. The predicted octanol–water partition coefficient (Wildman–Crippen LogP) is 3.38. The molecule has 0 atom stereocenters. The van der Waals surface area contributed by atoms with Gasteiger partial charge in [-0.15, -0.1) is 0 Å². The van der Waals surface area contributed by atoms with Crippen molar-refractivity contribution in [2.24, 2.45) is 0 Å². The molecule has 0 aliphatic carbocycles. The molecule has 4 nitrogen and oxygen atoms in total. The van der Waals surface area contributed by atoms with Gasteiger partial charge in [0.15, 0.2) is 21.4 Å². The summed E-state index contributed by atoms with van der Waals surface area (Å²) in [5.41, 5.74) is 0.626. The lowest BCUT2D eigenvalue weighted by Crippen LogP contribution is -1.98. The second kappa shape index (κ2) is 5.38. The fourth-order valence-electron chi connectivity index (χ4n) is 1.58. The van der Waals surface area contributed by atoms with Gasteiger partial charge in [0.05, 0.1) is 4.90 Å². The minimum atomic E-state index is -3.46. The predicted molar refractivity (Wildman–Crippen MR) is 73.6 cm³/mol. The van der Waals surface area contributed by atoms with Crippen LogP contribution in [0.5, 0.6) is 11.5 Å². The molecule has 7 heteroatoms. The van der Waals surface area contributed by atoms with Crippen LogP contribution in [0.4, 0.5) is 4.39 Å². The fourth-order valence-corrected chi connectivity index (χ4v) is 2.45. The first kappa shape index (κ1) is 14.7.